The van der Waals surface area contributed by atoms with Crippen LogP contribution in [0.15, 0.2) is 18.5 Å². The molecule has 18 heavy (non-hydrogen) atoms. The second-order valence-corrected chi connectivity index (χ2v) is 5.75. The molecule has 0 radical (unpaired) electrons. The zero-order valence-electron chi connectivity index (χ0n) is 11.5. The van der Waals surface area contributed by atoms with Gasteiger partial charge in [-0.25, -0.2) is 0 Å². The van der Waals surface area contributed by atoms with Crippen LogP contribution in [-0.4, -0.2) is 17.2 Å². The zero-order chi connectivity index (χ0) is 13.2. The quantitative estimate of drug-likeness (QED) is 0.895. The molecule has 1 fully saturated rings. The Balaban J connectivity index is 2.23. The van der Waals surface area contributed by atoms with Gasteiger partial charge in [0.05, 0.1) is 18.9 Å². The van der Waals surface area contributed by atoms with E-state index in [0.29, 0.717) is 17.6 Å². The lowest BCUT2D eigenvalue weighted by atomic mass is 9.71. The van der Waals surface area contributed by atoms with Crippen LogP contribution >= 0.6 is 0 Å². The third kappa shape index (κ3) is 2.66. The minimum absolute atomic E-state index is 0.593. The Morgan fingerprint density at radius 1 is 1.44 bits per heavy atom. The first kappa shape index (κ1) is 13.3. The van der Waals surface area contributed by atoms with E-state index in [-0.39, 0.29) is 0 Å². The molecule has 1 aliphatic carbocycles. The summed E-state index contributed by atoms with van der Waals surface area (Å²) in [6.45, 7) is 4.47. The molecule has 0 saturated heterocycles. The van der Waals surface area contributed by atoms with Gasteiger partial charge >= 0.3 is 0 Å². The molecular formula is C15H23NO2. The van der Waals surface area contributed by atoms with Gasteiger partial charge in [-0.15, -0.1) is 0 Å². The molecule has 1 saturated carbocycles. The fourth-order valence-corrected chi connectivity index (χ4v) is 2.91. The average molecular weight is 249 g/mol. The number of aliphatic hydroxyl groups is 1. The summed E-state index contributed by atoms with van der Waals surface area (Å²) in [5.41, 5.74) is 0.168. The van der Waals surface area contributed by atoms with Crippen LogP contribution in [0, 0.1) is 11.8 Å². The highest BCUT2D eigenvalue weighted by atomic mass is 16.5. The normalized spacial score (nSPS) is 28.4. The van der Waals surface area contributed by atoms with Crippen LogP contribution in [0.1, 0.15) is 45.1 Å². The molecule has 1 aliphatic rings. The number of rotatable bonds is 3. The predicted molar refractivity (Wildman–Crippen MR) is 71.5 cm³/mol. The summed E-state index contributed by atoms with van der Waals surface area (Å²) >= 11 is 0. The highest BCUT2D eigenvalue weighted by molar-refractivity contribution is 5.28. The first-order chi connectivity index (χ1) is 8.55. The molecule has 0 aromatic carbocycles. The molecule has 1 heterocycles. The standard InChI is InChI=1S/C15H23NO2/c1-11(2)12-5-4-6-15(17,8-12)13-7-14(18-3)10-16-9-13/h7,9-12,17H,4-6,8H2,1-3H3. The lowest BCUT2D eigenvalue weighted by molar-refractivity contribution is -0.0299. The van der Waals surface area contributed by atoms with E-state index in [9.17, 15) is 5.11 Å². The largest absolute Gasteiger partial charge is 0.495 e. The van der Waals surface area contributed by atoms with Gasteiger partial charge in [-0.1, -0.05) is 13.8 Å². The van der Waals surface area contributed by atoms with Gasteiger partial charge in [-0.05, 0) is 43.6 Å². The third-order valence-corrected chi connectivity index (χ3v) is 4.19. The molecule has 1 aromatic heterocycles. The van der Waals surface area contributed by atoms with Crippen molar-refractivity contribution in [3.05, 3.63) is 24.0 Å². The monoisotopic (exact) mass is 249 g/mol. The van der Waals surface area contributed by atoms with E-state index < -0.39 is 5.60 Å². The maximum atomic E-state index is 10.9. The number of ether oxygens (including phenoxy) is 1. The summed E-state index contributed by atoms with van der Waals surface area (Å²) in [7, 11) is 1.63. The molecule has 2 atom stereocenters. The van der Waals surface area contributed by atoms with E-state index in [0.717, 1.165) is 24.8 Å². The van der Waals surface area contributed by atoms with Crippen LogP contribution < -0.4 is 4.74 Å². The van der Waals surface area contributed by atoms with Crippen molar-refractivity contribution in [3.8, 4) is 5.75 Å². The first-order valence-corrected chi connectivity index (χ1v) is 6.77. The minimum atomic E-state index is -0.727. The van der Waals surface area contributed by atoms with Crippen LogP contribution in [0.5, 0.6) is 5.75 Å². The molecule has 0 amide bonds. The summed E-state index contributed by atoms with van der Waals surface area (Å²) in [6.07, 6.45) is 7.40. The number of methoxy groups -OCH3 is 1. The number of hydrogen-bond acceptors (Lipinski definition) is 3. The minimum Gasteiger partial charge on any atom is -0.495 e. The summed E-state index contributed by atoms with van der Waals surface area (Å²) in [4.78, 5) is 4.16. The predicted octanol–water partition coefficient (Wildman–Crippen LogP) is 3.12. The van der Waals surface area contributed by atoms with Gasteiger partial charge in [0, 0.05) is 11.8 Å². The maximum Gasteiger partial charge on any atom is 0.137 e. The lowest BCUT2D eigenvalue weighted by Gasteiger charge is -2.38. The number of pyridine rings is 1. The second-order valence-electron chi connectivity index (χ2n) is 5.75. The third-order valence-electron chi connectivity index (χ3n) is 4.19. The van der Waals surface area contributed by atoms with E-state index >= 15 is 0 Å². The molecule has 0 aliphatic heterocycles. The summed E-state index contributed by atoms with van der Waals surface area (Å²) in [5.74, 6) is 1.93. The molecule has 3 heteroatoms. The van der Waals surface area contributed by atoms with E-state index in [1.54, 1.807) is 19.5 Å². The van der Waals surface area contributed by atoms with Gasteiger partial charge < -0.3 is 9.84 Å². The Kier molecular flexibility index (Phi) is 3.91. The van der Waals surface area contributed by atoms with Crippen LogP contribution in [0.4, 0.5) is 0 Å². The Labute approximate surface area is 109 Å². The smallest absolute Gasteiger partial charge is 0.137 e. The highest BCUT2D eigenvalue weighted by Crippen LogP contribution is 2.42. The van der Waals surface area contributed by atoms with Gasteiger partial charge in [0.2, 0.25) is 0 Å². The van der Waals surface area contributed by atoms with Gasteiger partial charge in [0.1, 0.15) is 5.75 Å². The molecule has 0 bridgehead atoms. The molecule has 1 N–H and O–H groups in total. The van der Waals surface area contributed by atoms with E-state index in [1.165, 1.54) is 6.42 Å². The number of hydrogen-bond donors (Lipinski definition) is 1. The Morgan fingerprint density at radius 3 is 2.89 bits per heavy atom. The molecule has 3 nitrogen and oxygen atoms in total. The molecular weight excluding hydrogens is 226 g/mol. The van der Waals surface area contributed by atoms with Crippen molar-refractivity contribution in [2.45, 2.75) is 45.1 Å². The fraction of sp³-hybridized carbons (Fsp3) is 0.667. The van der Waals surface area contributed by atoms with Gasteiger partial charge in [0.15, 0.2) is 0 Å². The van der Waals surface area contributed by atoms with E-state index in [1.807, 2.05) is 6.07 Å². The lowest BCUT2D eigenvalue weighted by Crippen LogP contribution is -2.34. The molecule has 2 unspecified atom stereocenters. The summed E-state index contributed by atoms with van der Waals surface area (Å²) in [6, 6.07) is 1.91. The zero-order valence-corrected chi connectivity index (χ0v) is 11.5. The second kappa shape index (κ2) is 5.27. The molecule has 100 valence electrons. The van der Waals surface area contributed by atoms with Gasteiger partial charge in [-0.3, -0.25) is 4.98 Å². The van der Waals surface area contributed by atoms with Crippen molar-refractivity contribution in [2.75, 3.05) is 7.11 Å². The Hall–Kier alpha value is -1.09. The van der Waals surface area contributed by atoms with Crippen molar-refractivity contribution in [1.29, 1.82) is 0 Å². The fourth-order valence-electron chi connectivity index (χ4n) is 2.91. The van der Waals surface area contributed by atoms with Gasteiger partial charge in [0.25, 0.3) is 0 Å². The summed E-state index contributed by atoms with van der Waals surface area (Å²) < 4.78 is 5.19. The SMILES string of the molecule is COc1cncc(C2(O)CCCC(C(C)C)C2)c1. The first-order valence-electron chi connectivity index (χ1n) is 6.77. The summed E-state index contributed by atoms with van der Waals surface area (Å²) in [5, 5.41) is 10.9. The molecule has 1 aromatic rings. The van der Waals surface area contributed by atoms with Crippen LogP contribution in [-0.2, 0) is 5.60 Å². The van der Waals surface area contributed by atoms with Crippen LogP contribution in [0.3, 0.4) is 0 Å². The van der Waals surface area contributed by atoms with Crippen LogP contribution in [0.25, 0.3) is 0 Å². The maximum absolute atomic E-state index is 10.9. The number of nitrogens with zero attached hydrogens (tertiary/aromatic N) is 1. The van der Waals surface area contributed by atoms with Crippen molar-refractivity contribution >= 4 is 0 Å². The molecule has 2 rings (SSSR count). The average Bonchev–Trinajstić information content (AvgIpc) is 2.39. The Morgan fingerprint density at radius 2 is 2.22 bits per heavy atom. The van der Waals surface area contributed by atoms with Crippen molar-refractivity contribution < 1.29 is 9.84 Å². The number of aromatic nitrogens is 1. The van der Waals surface area contributed by atoms with Crippen molar-refractivity contribution in [1.82, 2.24) is 4.98 Å². The van der Waals surface area contributed by atoms with E-state index in [4.69, 9.17) is 4.74 Å². The van der Waals surface area contributed by atoms with Crippen molar-refractivity contribution in [2.24, 2.45) is 11.8 Å². The van der Waals surface area contributed by atoms with Crippen molar-refractivity contribution in [3.63, 3.8) is 0 Å². The highest BCUT2D eigenvalue weighted by Gasteiger charge is 2.37. The Bertz CT molecular complexity index is 405. The van der Waals surface area contributed by atoms with Gasteiger partial charge in [-0.2, -0.15) is 0 Å². The van der Waals surface area contributed by atoms with Crippen LogP contribution in [0.2, 0.25) is 0 Å². The topological polar surface area (TPSA) is 42.4 Å². The molecule has 0 spiro atoms. The van der Waals surface area contributed by atoms with E-state index in [2.05, 4.69) is 18.8 Å².